The zero-order valence-electron chi connectivity index (χ0n) is 14.5. The van der Waals surface area contributed by atoms with E-state index in [0.717, 1.165) is 31.6 Å². The summed E-state index contributed by atoms with van der Waals surface area (Å²) < 4.78 is 0. The SMILES string of the molecule is CN=C(NCC1(C(=O)N(C)C)CCCC1)NC1CC1(C)C.I. The number of amides is 1. The molecule has 0 radical (unpaired) electrons. The van der Waals surface area contributed by atoms with Crippen LogP contribution in [0.2, 0.25) is 0 Å². The van der Waals surface area contributed by atoms with Crippen LogP contribution in [0.15, 0.2) is 4.99 Å². The van der Waals surface area contributed by atoms with Gasteiger partial charge in [0.25, 0.3) is 0 Å². The molecule has 2 N–H and O–H groups in total. The monoisotopic (exact) mass is 422 g/mol. The normalized spacial score (nSPS) is 25.1. The lowest BCUT2D eigenvalue weighted by atomic mass is 9.84. The van der Waals surface area contributed by atoms with E-state index in [9.17, 15) is 4.79 Å². The molecule has 2 aliphatic rings. The Morgan fingerprint density at radius 2 is 1.82 bits per heavy atom. The van der Waals surface area contributed by atoms with Crippen LogP contribution < -0.4 is 10.6 Å². The molecule has 2 fully saturated rings. The van der Waals surface area contributed by atoms with Gasteiger partial charge in [-0.25, -0.2) is 0 Å². The molecule has 0 spiro atoms. The quantitative estimate of drug-likeness (QED) is 0.415. The Kier molecular flexibility index (Phi) is 6.53. The standard InChI is InChI=1S/C16H30N4O.HI/c1-15(2)10-12(15)19-14(17-3)18-11-16(8-6-7-9-16)13(21)20(4)5;/h12H,6-11H2,1-5H3,(H2,17,18,19);1H. The minimum atomic E-state index is -0.250. The third kappa shape index (κ3) is 4.26. The topological polar surface area (TPSA) is 56.7 Å². The van der Waals surface area contributed by atoms with E-state index in [1.54, 1.807) is 11.9 Å². The molecular formula is C16H31IN4O. The van der Waals surface area contributed by atoms with Crippen molar-refractivity contribution in [2.45, 2.75) is 52.0 Å². The molecule has 2 saturated carbocycles. The maximum atomic E-state index is 12.5. The molecule has 5 nitrogen and oxygen atoms in total. The van der Waals surface area contributed by atoms with E-state index >= 15 is 0 Å². The van der Waals surface area contributed by atoms with Crippen LogP contribution in [0, 0.1) is 10.8 Å². The van der Waals surface area contributed by atoms with E-state index in [1.165, 1.54) is 6.42 Å². The number of rotatable bonds is 4. The van der Waals surface area contributed by atoms with Crippen molar-refractivity contribution in [1.82, 2.24) is 15.5 Å². The van der Waals surface area contributed by atoms with Crippen molar-refractivity contribution >= 4 is 35.8 Å². The molecule has 0 bridgehead atoms. The second-order valence-electron chi connectivity index (χ2n) is 7.50. The number of carbonyl (C=O) groups excluding carboxylic acids is 1. The van der Waals surface area contributed by atoms with E-state index in [2.05, 4.69) is 29.5 Å². The fourth-order valence-corrected chi connectivity index (χ4v) is 3.32. The van der Waals surface area contributed by atoms with Gasteiger partial charge in [-0.05, 0) is 24.7 Å². The zero-order chi connectivity index (χ0) is 15.7. The summed E-state index contributed by atoms with van der Waals surface area (Å²) in [6, 6.07) is 0.493. The molecule has 0 saturated heterocycles. The molecule has 128 valence electrons. The van der Waals surface area contributed by atoms with Crippen molar-refractivity contribution in [2.24, 2.45) is 15.8 Å². The van der Waals surface area contributed by atoms with Crippen LogP contribution in [0.1, 0.15) is 46.0 Å². The van der Waals surface area contributed by atoms with Gasteiger partial charge in [0.1, 0.15) is 0 Å². The number of hydrogen-bond acceptors (Lipinski definition) is 2. The van der Waals surface area contributed by atoms with Crippen molar-refractivity contribution in [2.75, 3.05) is 27.7 Å². The third-order valence-corrected chi connectivity index (χ3v) is 5.06. The van der Waals surface area contributed by atoms with Gasteiger partial charge in [0.05, 0.1) is 5.41 Å². The summed E-state index contributed by atoms with van der Waals surface area (Å²) in [4.78, 5) is 18.6. The average Bonchev–Trinajstić information content (AvgIpc) is 2.85. The molecule has 22 heavy (non-hydrogen) atoms. The molecule has 0 aliphatic heterocycles. The number of guanidine groups is 1. The molecule has 0 heterocycles. The van der Waals surface area contributed by atoms with E-state index in [0.29, 0.717) is 18.0 Å². The lowest BCUT2D eigenvalue weighted by molar-refractivity contribution is -0.138. The summed E-state index contributed by atoms with van der Waals surface area (Å²) >= 11 is 0. The van der Waals surface area contributed by atoms with Gasteiger partial charge < -0.3 is 15.5 Å². The molecule has 1 atom stereocenters. The smallest absolute Gasteiger partial charge is 0.230 e. The minimum Gasteiger partial charge on any atom is -0.355 e. The van der Waals surface area contributed by atoms with Crippen LogP contribution in [0.4, 0.5) is 0 Å². The van der Waals surface area contributed by atoms with Crippen molar-refractivity contribution in [3.63, 3.8) is 0 Å². The highest BCUT2D eigenvalue weighted by molar-refractivity contribution is 14.0. The molecule has 0 aromatic carbocycles. The van der Waals surface area contributed by atoms with Gasteiger partial charge in [-0.2, -0.15) is 0 Å². The van der Waals surface area contributed by atoms with Crippen LogP contribution in [-0.4, -0.2) is 50.5 Å². The number of hydrogen-bond donors (Lipinski definition) is 2. The first-order chi connectivity index (χ1) is 9.81. The first kappa shape index (κ1) is 19.5. The van der Waals surface area contributed by atoms with Gasteiger partial charge in [-0.1, -0.05) is 26.7 Å². The van der Waals surface area contributed by atoms with Gasteiger partial charge in [0.15, 0.2) is 5.96 Å². The number of nitrogens with one attached hydrogen (secondary N) is 2. The molecule has 0 aromatic heterocycles. The second kappa shape index (κ2) is 7.36. The van der Waals surface area contributed by atoms with Crippen LogP contribution in [-0.2, 0) is 4.79 Å². The van der Waals surface area contributed by atoms with Gasteiger partial charge in [0, 0.05) is 33.7 Å². The molecule has 6 heteroatoms. The zero-order valence-corrected chi connectivity index (χ0v) is 16.9. The van der Waals surface area contributed by atoms with E-state index in [1.807, 2.05) is 14.1 Å². The van der Waals surface area contributed by atoms with Gasteiger partial charge in [-0.3, -0.25) is 9.79 Å². The molecule has 2 aliphatic carbocycles. The highest BCUT2D eigenvalue weighted by Gasteiger charge is 2.47. The summed E-state index contributed by atoms with van der Waals surface area (Å²) in [5.41, 5.74) is 0.113. The van der Waals surface area contributed by atoms with E-state index in [4.69, 9.17) is 0 Å². The first-order valence-corrected chi connectivity index (χ1v) is 8.00. The Hall–Kier alpha value is -0.530. The fraction of sp³-hybridized carbons (Fsp3) is 0.875. The van der Waals surface area contributed by atoms with Gasteiger partial charge >= 0.3 is 0 Å². The highest BCUT2D eigenvalue weighted by Crippen LogP contribution is 2.44. The van der Waals surface area contributed by atoms with Crippen molar-refractivity contribution in [1.29, 1.82) is 0 Å². The van der Waals surface area contributed by atoms with E-state index in [-0.39, 0.29) is 35.3 Å². The van der Waals surface area contributed by atoms with E-state index < -0.39 is 0 Å². The molecule has 0 aromatic rings. The number of aliphatic imine (C=N–C) groups is 1. The summed E-state index contributed by atoms with van der Waals surface area (Å²) in [5, 5.41) is 6.84. The number of carbonyl (C=O) groups is 1. The van der Waals surface area contributed by atoms with Crippen LogP contribution in [0.25, 0.3) is 0 Å². The highest BCUT2D eigenvalue weighted by atomic mass is 127. The van der Waals surface area contributed by atoms with Gasteiger partial charge in [0.2, 0.25) is 5.91 Å². The lowest BCUT2D eigenvalue weighted by Crippen LogP contribution is -2.49. The summed E-state index contributed by atoms with van der Waals surface area (Å²) in [6.07, 6.45) is 5.41. The predicted octanol–water partition coefficient (Wildman–Crippen LogP) is 2.22. The third-order valence-electron chi connectivity index (χ3n) is 5.06. The molecule has 1 unspecified atom stereocenters. The van der Waals surface area contributed by atoms with Crippen molar-refractivity contribution < 1.29 is 4.79 Å². The maximum absolute atomic E-state index is 12.5. The summed E-state index contributed by atoms with van der Waals surface area (Å²) in [6.45, 7) is 5.19. The summed E-state index contributed by atoms with van der Waals surface area (Å²) in [5.74, 6) is 1.07. The fourth-order valence-electron chi connectivity index (χ4n) is 3.32. The molecular weight excluding hydrogens is 391 g/mol. The Morgan fingerprint density at radius 3 is 2.23 bits per heavy atom. The Bertz CT molecular complexity index is 428. The number of nitrogens with zero attached hydrogens (tertiary/aromatic N) is 2. The van der Waals surface area contributed by atoms with Crippen molar-refractivity contribution in [3.8, 4) is 0 Å². The summed E-state index contributed by atoms with van der Waals surface area (Å²) in [7, 11) is 5.49. The lowest BCUT2D eigenvalue weighted by Gasteiger charge is -2.31. The minimum absolute atomic E-state index is 0. The number of halogens is 1. The van der Waals surface area contributed by atoms with Crippen LogP contribution in [0.3, 0.4) is 0 Å². The Morgan fingerprint density at radius 1 is 1.27 bits per heavy atom. The maximum Gasteiger partial charge on any atom is 0.230 e. The van der Waals surface area contributed by atoms with Crippen molar-refractivity contribution in [3.05, 3.63) is 0 Å². The van der Waals surface area contributed by atoms with Gasteiger partial charge in [-0.15, -0.1) is 24.0 Å². The van der Waals surface area contributed by atoms with Crippen LogP contribution >= 0.6 is 24.0 Å². The Labute approximate surface area is 151 Å². The first-order valence-electron chi connectivity index (χ1n) is 8.00. The Balaban J connectivity index is 0.00000242. The predicted molar refractivity (Wildman–Crippen MR) is 102 cm³/mol. The second-order valence-corrected chi connectivity index (χ2v) is 7.50. The average molecular weight is 422 g/mol. The van der Waals surface area contributed by atoms with Crippen LogP contribution in [0.5, 0.6) is 0 Å². The molecule has 1 amide bonds. The molecule has 2 rings (SSSR count). The largest absolute Gasteiger partial charge is 0.355 e.